The number of ether oxygens (including phenoxy) is 1. The summed E-state index contributed by atoms with van der Waals surface area (Å²) in [7, 11) is 0. The Balaban J connectivity index is 0. The minimum absolute atomic E-state index is 0.279. The summed E-state index contributed by atoms with van der Waals surface area (Å²) in [4.78, 5) is 16.2. The number of hydrogen-bond donors (Lipinski definition) is 1. The summed E-state index contributed by atoms with van der Waals surface area (Å²) >= 11 is 0. The molecule has 0 saturated carbocycles. The van der Waals surface area contributed by atoms with Crippen LogP contribution in [-0.4, -0.2) is 24.8 Å². The lowest BCUT2D eigenvalue weighted by atomic mass is 10.2. The highest BCUT2D eigenvalue weighted by Crippen LogP contribution is 2.11. The van der Waals surface area contributed by atoms with E-state index >= 15 is 0 Å². The molecule has 4 heteroatoms. The van der Waals surface area contributed by atoms with Crippen LogP contribution in [-0.2, 0) is 9.53 Å². The highest BCUT2D eigenvalue weighted by Gasteiger charge is 2.14. The van der Waals surface area contributed by atoms with Crippen molar-refractivity contribution in [3.05, 3.63) is 11.4 Å². The molecular formula is C15H30N2O2. The molecule has 0 spiro atoms. The maximum absolute atomic E-state index is 11.8. The number of carbonyl (C=O) groups excluding carboxylic acids is 1. The van der Waals surface area contributed by atoms with Gasteiger partial charge in [-0.2, -0.15) is 0 Å². The minimum atomic E-state index is -0.279. The fraction of sp³-hybridized carbons (Fsp3) is 0.733. The second-order valence-electron chi connectivity index (χ2n) is 3.63. The van der Waals surface area contributed by atoms with Crippen LogP contribution in [0.15, 0.2) is 16.4 Å². The van der Waals surface area contributed by atoms with Gasteiger partial charge < -0.3 is 10.1 Å². The Labute approximate surface area is 118 Å². The summed E-state index contributed by atoms with van der Waals surface area (Å²) in [5.41, 5.74) is 1.61. The molecule has 0 aliphatic carbocycles. The minimum Gasteiger partial charge on any atom is -0.463 e. The third kappa shape index (κ3) is 8.41. The topological polar surface area (TPSA) is 50.7 Å². The molecule has 4 nitrogen and oxygen atoms in total. The standard InChI is InChI=1S/C13H24N2O2.C2H6/c1-6-10(5)15-12(14-8-3)11(7-2)13(16)17-9-4;1-2/h14H,6-9H2,1-5H3;1-2H3/b12-11+,15-10+;. The molecule has 0 saturated heterocycles. The second-order valence-corrected chi connectivity index (χ2v) is 3.63. The monoisotopic (exact) mass is 270 g/mol. The Bertz CT molecular complexity index is 307. The van der Waals surface area contributed by atoms with Gasteiger partial charge in [0, 0.05) is 12.3 Å². The molecule has 0 amide bonds. The molecular weight excluding hydrogens is 240 g/mol. The summed E-state index contributed by atoms with van der Waals surface area (Å²) in [6, 6.07) is 0. The first kappa shape index (κ1) is 20.0. The summed E-state index contributed by atoms with van der Waals surface area (Å²) in [5, 5.41) is 3.13. The van der Waals surface area contributed by atoms with Crippen LogP contribution < -0.4 is 5.32 Å². The predicted molar refractivity (Wildman–Crippen MR) is 82.4 cm³/mol. The van der Waals surface area contributed by atoms with E-state index < -0.39 is 0 Å². The summed E-state index contributed by atoms with van der Waals surface area (Å²) < 4.78 is 5.03. The molecule has 112 valence electrons. The van der Waals surface area contributed by atoms with Gasteiger partial charge in [0.25, 0.3) is 0 Å². The molecule has 0 fully saturated rings. The van der Waals surface area contributed by atoms with Gasteiger partial charge in [0.2, 0.25) is 0 Å². The largest absolute Gasteiger partial charge is 0.463 e. The van der Waals surface area contributed by atoms with Crippen molar-refractivity contribution < 1.29 is 9.53 Å². The fourth-order valence-electron chi connectivity index (χ4n) is 1.28. The number of carbonyl (C=O) groups is 1. The van der Waals surface area contributed by atoms with E-state index in [2.05, 4.69) is 10.3 Å². The van der Waals surface area contributed by atoms with E-state index in [1.54, 1.807) is 6.92 Å². The molecule has 0 aromatic heterocycles. The van der Waals surface area contributed by atoms with Crippen LogP contribution in [0, 0.1) is 0 Å². The lowest BCUT2D eigenvalue weighted by Crippen LogP contribution is -2.19. The lowest BCUT2D eigenvalue weighted by Gasteiger charge is -2.11. The molecule has 0 aliphatic rings. The Morgan fingerprint density at radius 3 is 2.05 bits per heavy atom. The molecule has 0 bridgehead atoms. The molecule has 0 aromatic rings. The number of rotatable bonds is 7. The summed E-state index contributed by atoms with van der Waals surface area (Å²) in [6.07, 6.45) is 1.48. The number of nitrogens with one attached hydrogen (secondary N) is 1. The normalized spacial score (nSPS) is 12.1. The number of aliphatic imine (C=N–C) groups is 1. The zero-order valence-electron chi connectivity index (χ0n) is 13.6. The Morgan fingerprint density at radius 1 is 1.11 bits per heavy atom. The van der Waals surface area contributed by atoms with E-state index in [9.17, 15) is 4.79 Å². The Hall–Kier alpha value is -1.32. The lowest BCUT2D eigenvalue weighted by molar-refractivity contribution is -0.138. The third-order valence-electron chi connectivity index (χ3n) is 2.32. The van der Waals surface area contributed by atoms with E-state index in [0.29, 0.717) is 24.4 Å². The molecule has 1 N–H and O–H groups in total. The molecule has 0 heterocycles. The van der Waals surface area contributed by atoms with Gasteiger partial charge in [0.05, 0.1) is 12.2 Å². The van der Waals surface area contributed by atoms with Gasteiger partial charge >= 0.3 is 5.97 Å². The van der Waals surface area contributed by atoms with E-state index in [1.807, 2.05) is 41.5 Å². The highest BCUT2D eigenvalue weighted by molar-refractivity contribution is 5.90. The van der Waals surface area contributed by atoms with Crippen LogP contribution in [0.3, 0.4) is 0 Å². The van der Waals surface area contributed by atoms with E-state index in [4.69, 9.17) is 4.74 Å². The van der Waals surface area contributed by atoms with Gasteiger partial charge in [-0.3, -0.25) is 0 Å². The summed E-state index contributed by atoms with van der Waals surface area (Å²) in [6.45, 7) is 14.8. The van der Waals surface area contributed by atoms with Crippen molar-refractivity contribution in [1.29, 1.82) is 0 Å². The van der Waals surface area contributed by atoms with Crippen molar-refractivity contribution in [3.8, 4) is 0 Å². The van der Waals surface area contributed by atoms with Crippen LogP contribution >= 0.6 is 0 Å². The highest BCUT2D eigenvalue weighted by atomic mass is 16.5. The zero-order chi connectivity index (χ0) is 15.3. The first-order valence-electron chi connectivity index (χ1n) is 7.28. The average molecular weight is 270 g/mol. The molecule has 0 atom stereocenters. The van der Waals surface area contributed by atoms with Crippen LogP contribution in [0.2, 0.25) is 0 Å². The van der Waals surface area contributed by atoms with Crippen LogP contribution in [0.1, 0.15) is 61.3 Å². The molecule has 19 heavy (non-hydrogen) atoms. The fourth-order valence-corrected chi connectivity index (χ4v) is 1.28. The number of hydrogen-bond acceptors (Lipinski definition) is 4. The molecule has 0 radical (unpaired) electrons. The van der Waals surface area contributed by atoms with E-state index in [-0.39, 0.29) is 5.97 Å². The third-order valence-corrected chi connectivity index (χ3v) is 2.32. The number of nitrogens with zero attached hydrogens (tertiary/aromatic N) is 1. The Morgan fingerprint density at radius 2 is 1.68 bits per heavy atom. The Kier molecular flexibility index (Phi) is 13.8. The first-order chi connectivity index (χ1) is 9.10. The maximum atomic E-state index is 11.8. The van der Waals surface area contributed by atoms with Gasteiger partial charge in [-0.15, -0.1) is 0 Å². The van der Waals surface area contributed by atoms with Gasteiger partial charge in [-0.05, 0) is 33.6 Å². The van der Waals surface area contributed by atoms with Gasteiger partial charge in [-0.25, -0.2) is 9.79 Å². The predicted octanol–water partition coefficient (Wildman–Crippen LogP) is 3.68. The molecule has 0 unspecified atom stereocenters. The van der Waals surface area contributed by atoms with E-state index in [0.717, 1.165) is 18.7 Å². The first-order valence-corrected chi connectivity index (χ1v) is 7.28. The van der Waals surface area contributed by atoms with Crippen molar-refractivity contribution >= 4 is 11.7 Å². The van der Waals surface area contributed by atoms with Crippen molar-refractivity contribution in [3.63, 3.8) is 0 Å². The van der Waals surface area contributed by atoms with Crippen molar-refractivity contribution in [2.75, 3.05) is 13.2 Å². The van der Waals surface area contributed by atoms with E-state index in [1.165, 1.54) is 0 Å². The van der Waals surface area contributed by atoms with Gasteiger partial charge in [0.15, 0.2) is 0 Å². The smallest absolute Gasteiger partial charge is 0.337 e. The maximum Gasteiger partial charge on any atom is 0.337 e. The SMILES string of the molecule is CC.CCNC(/N=C(\C)CC)=C(/CC)C(=O)OCC. The molecule has 0 rings (SSSR count). The summed E-state index contributed by atoms with van der Waals surface area (Å²) in [5.74, 6) is 0.367. The van der Waals surface area contributed by atoms with Crippen LogP contribution in [0.4, 0.5) is 0 Å². The second kappa shape index (κ2) is 13.1. The number of esters is 1. The molecule has 0 aliphatic heterocycles. The van der Waals surface area contributed by atoms with Gasteiger partial charge in [-0.1, -0.05) is 27.7 Å². The van der Waals surface area contributed by atoms with Crippen molar-refractivity contribution in [2.45, 2.75) is 61.3 Å². The van der Waals surface area contributed by atoms with Gasteiger partial charge in [0.1, 0.15) is 5.82 Å². The zero-order valence-corrected chi connectivity index (χ0v) is 13.6. The quantitative estimate of drug-likeness (QED) is 0.436. The van der Waals surface area contributed by atoms with Crippen molar-refractivity contribution in [1.82, 2.24) is 5.32 Å². The van der Waals surface area contributed by atoms with Crippen LogP contribution in [0.25, 0.3) is 0 Å². The molecule has 0 aromatic carbocycles. The average Bonchev–Trinajstić information content (AvgIpc) is 2.42. The van der Waals surface area contributed by atoms with Crippen molar-refractivity contribution in [2.24, 2.45) is 4.99 Å². The van der Waals surface area contributed by atoms with Crippen LogP contribution in [0.5, 0.6) is 0 Å².